The maximum Gasteiger partial charge on any atom is 0.0597 e. The minimum absolute atomic E-state index is 0.686. The second kappa shape index (κ2) is 5.49. The third-order valence-corrected chi connectivity index (χ3v) is 4.61. The standard InChI is InChI=1S/C14H22BrN3/c1-3-9(2)7-18-5-4-10-11(8-18)14(17)13(16)6-12(10)15/h6,9H,3-5,7-8,16-17H2,1-2H3. The Balaban J connectivity index is 2.23. The number of halogens is 1. The minimum Gasteiger partial charge on any atom is -0.397 e. The summed E-state index contributed by atoms with van der Waals surface area (Å²) >= 11 is 3.60. The summed E-state index contributed by atoms with van der Waals surface area (Å²) in [4.78, 5) is 2.48. The van der Waals surface area contributed by atoms with Gasteiger partial charge in [-0.25, -0.2) is 0 Å². The van der Waals surface area contributed by atoms with Crippen molar-refractivity contribution in [3.63, 3.8) is 0 Å². The molecule has 18 heavy (non-hydrogen) atoms. The molecule has 4 N–H and O–H groups in total. The molecule has 0 saturated carbocycles. The molecular formula is C14H22BrN3. The maximum atomic E-state index is 6.13. The van der Waals surface area contributed by atoms with E-state index >= 15 is 0 Å². The molecule has 1 aromatic carbocycles. The van der Waals surface area contributed by atoms with Crippen LogP contribution in [0.1, 0.15) is 31.4 Å². The van der Waals surface area contributed by atoms with E-state index in [1.807, 2.05) is 6.07 Å². The van der Waals surface area contributed by atoms with Crippen LogP contribution in [0, 0.1) is 5.92 Å². The Labute approximate surface area is 118 Å². The lowest BCUT2D eigenvalue weighted by Gasteiger charge is -2.32. The third kappa shape index (κ3) is 2.64. The zero-order valence-corrected chi connectivity index (χ0v) is 12.8. The van der Waals surface area contributed by atoms with E-state index in [0.717, 1.165) is 42.1 Å². The van der Waals surface area contributed by atoms with Crippen molar-refractivity contribution < 1.29 is 0 Å². The zero-order chi connectivity index (χ0) is 13.3. The normalized spacial score (nSPS) is 17.5. The molecule has 0 spiro atoms. The Morgan fingerprint density at radius 3 is 2.78 bits per heavy atom. The van der Waals surface area contributed by atoms with Crippen LogP contribution in [-0.4, -0.2) is 18.0 Å². The van der Waals surface area contributed by atoms with E-state index in [1.54, 1.807) is 0 Å². The summed E-state index contributed by atoms with van der Waals surface area (Å²) in [7, 11) is 0. The summed E-state index contributed by atoms with van der Waals surface area (Å²) in [6.07, 6.45) is 2.27. The molecule has 1 aliphatic heterocycles. The Hall–Kier alpha value is -0.740. The van der Waals surface area contributed by atoms with Crippen molar-refractivity contribution in [3.05, 3.63) is 21.7 Å². The molecule has 0 bridgehead atoms. The first kappa shape index (κ1) is 13.7. The SMILES string of the molecule is CCC(C)CN1CCc2c(Br)cc(N)c(N)c2C1. The van der Waals surface area contributed by atoms with Crippen molar-refractivity contribution in [2.75, 3.05) is 24.6 Å². The molecule has 0 aromatic heterocycles. The fourth-order valence-electron chi connectivity index (χ4n) is 2.53. The second-order valence-electron chi connectivity index (χ2n) is 5.32. The predicted molar refractivity (Wildman–Crippen MR) is 81.4 cm³/mol. The van der Waals surface area contributed by atoms with Gasteiger partial charge in [0.15, 0.2) is 0 Å². The molecule has 4 heteroatoms. The van der Waals surface area contributed by atoms with E-state index in [9.17, 15) is 0 Å². The molecule has 1 atom stereocenters. The van der Waals surface area contributed by atoms with Gasteiger partial charge in [0.25, 0.3) is 0 Å². The van der Waals surface area contributed by atoms with Crippen molar-refractivity contribution in [1.29, 1.82) is 0 Å². The smallest absolute Gasteiger partial charge is 0.0597 e. The van der Waals surface area contributed by atoms with Crippen molar-refractivity contribution in [3.8, 4) is 0 Å². The highest BCUT2D eigenvalue weighted by Crippen LogP contribution is 2.35. The summed E-state index contributed by atoms with van der Waals surface area (Å²) in [5.74, 6) is 0.734. The average molecular weight is 312 g/mol. The quantitative estimate of drug-likeness (QED) is 0.844. The lowest BCUT2D eigenvalue weighted by molar-refractivity contribution is 0.218. The molecule has 100 valence electrons. The van der Waals surface area contributed by atoms with Gasteiger partial charge < -0.3 is 11.5 Å². The molecular weight excluding hydrogens is 290 g/mol. The Morgan fingerprint density at radius 1 is 1.39 bits per heavy atom. The van der Waals surface area contributed by atoms with Crippen LogP contribution in [-0.2, 0) is 13.0 Å². The van der Waals surface area contributed by atoms with E-state index in [4.69, 9.17) is 11.5 Å². The average Bonchev–Trinajstić information content (AvgIpc) is 2.36. The predicted octanol–water partition coefficient (Wildman–Crippen LogP) is 3.02. The number of hydrogen-bond acceptors (Lipinski definition) is 3. The molecule has 1 heterocycles. The van der Waals surface area contributed by atoms with Crippen LogP contribution in [0.15, 0.2) is 10.5 Å². The molecule has 1 aliphatic rings. The number of nitrogens with zero attached hydrogens (tertiary/aromatic N) is 1. The lowest BCUT2D eigenvalue weighted by Crippen LogP contribution is -2.34. The van der Waals surface area contributed by atoms with Crippen LogP contribution in [0.3, 0.4) is 0 Å². The summed E-state index contributed by atoms with van der Waals surface area (Å²) in [6, 6.07) is 1.93. The highest BCUT2D eigenvalue weighted by molar-refractivity contribution is 9.10. The molecule has 2 rings (SSSR count). The second-order valence-corrected chi connectivity index (χ2v) is 6.17. The molecule has 0 amide bonds. The van der Waals surface area contributed by atoms with E-state index in [2.05, 4.69) is 34.7 Å². The number of benzene rings is 1. The highest BCUT2D eigenvalue weighted by Gasteiger charge is 2.22. The van der Waals surface area contributed by atoms with Crippen LogP contribution >= 0.6 is 15.9 Å². The van der Waals surface area contributed by atoms with Gasteiger partial charge in [0, 0.05) is 24.1 Å². The van der Waals surface area contributed by atoms with Crippen LogP contribution in [0.25, 0.3) is 0 Å². The summed E-state index contributed by atoms with van der Waals surface area (Å²) in [6.45, 7) is 7.72. The van der Waals surface area contributed by atoms with E-state index in [0.29, 0.717) is 5.69 Å². The van der Waals surface area contributed by atoms with Crippen molar-refractivity contribution in [2.45, 2.75) is 33.2 Å². The monoisotopic (exact) mass is 311 g/mol. The first-order chi connectivity index (χ1) is 8.52. The molecule has 0 fully saturated rings. The third-order valence-electron chi connectivity index (χ3n) is 3.90. The molecule has 1 aromatic rings. The highest BCUT2D eigenvalue weighted by atomic mass is 79.9. The summed E-state index contributed by atoms with van der Waals surface area (Å²) < 4.78 is 1.10. The van der Waals surface area contributed by atoms with Gasteiger partial charge in [-0.2, -0.15) is 0 Å². The van der Waals surface area contributed by atoms with Gasteiger partial charge in [-0.05, 0) is 29.5 Å². The van der Waals surface area contributed by atoms with Crippen LogP contribution in [0.5, 0.6) is 0 Å². The van der Waals surface area contributed by atoms with Gasteiger partial charge in [-0.3, -0.25) is 4.90 Å². The van der Waals surface area contributed by atoms with E-state index in [-0.39, 0.29) is 0 Å². The maximum absolute atomic E-state index is 6.13. The van der Waals surface area contributed by atoms with Crippen molar-refractivity contribution in [1.82, 2.24) is 4.90 Å². The first-order valence-electron chi connectivity index (χ1n) is 6.60. The van der Waals surface area contributed by atoms with Gasteiger partial charge in [-0.1, -0.05) is 36.2 Å². The van der Waals surface area contributed by atoms with Crippen LogP contribution < -0.4 is 11.5 Å². The molecule has 0 radical (unpaired) electrons. The minimum atomic E-state index is 0.686. The van der Waals surface area contributed by atoms with Gasteiger partial charge in [0.1, 0.15) is 0 Å². The van der Waals surface area contributed by atoms with Crippen LogP contribution in [0.4, 0.5) is 11.4 Å². The lowest BCUT2D eigenvalue weighted by atomic mass is 9.96. The summed E-state index contributed by atoms with van der Waals surface area (Å²) in [5, 5.41) is 0. The fourth-order valence-corrected chi connectivity index (χ4v) is 3.22. The van der Waals surface area contributed by atoms with Gasteiger partial charge >= 0.3 is 0 Å². The number of anilines is 2. The number of hydrogen-bond donors (Lipinski definition) is 2. The summed E-state index contributed by atoms with van der Waals surface area (Å²) in [5.41, 5.74) is 16.1. The Bertz CT molecular complexity index is 445. The molecule has 1 unspecified atom stereocenters. The number of fused-ring (bicyclic) bond motifs is 1. The number of rotatable bonds is 3. The molecule has 0 aliphatic carbocycles. The largest absolute Gasteiger partial charge is 0.397 e. The fraction of sp³-hybridized carbons (Fsp3) is 0.571. The van der Waals surface area contributed by atoms with Crippen LogP contribution in [0.2, 0.25) is 0 Å². The number of nitrogens with two attached hydrogens (primary N) is 2. The number of nitrogen functional groups attached to an aromatic ring is 2. The Morgan fingerprint density at radius 2 is 2.11 bits per heavy atom. The van der Waals surface area contributed by atoms with E-state index < -0.39 is 0 Å². The Kier molecular flexibility index (Phi) is 4.17. The van der Waals surface area contributed by atoms with Gasteiger partial charge in [-0.15, -0.1) is 0 Å². The molecule has 0 saturated heterocycles. The van der Waals surface area contributed by atoms with E-state index in [1.165, 1.54) is 17.5 Å². The topological polar surface area (TPSA) is 55.3 Å². The van der Waals surface area contributed by atoms with Gasteiger partial charge in [0.2, 0.25) is 0 Å². The molecule has 3 nitrogen and oxygen atoms in total. The zero-order valence-electron chi connectivity index (χ0n) is 11.2. The first-order valence-corrected chi connectivity index (χ1v) is 7.39. The van der Waals surface area contributed by atoms with Crippen molar-refractivity contribution >= 4 is 27.3 Å². The van der Waals surface area contributed by atoms with Gasteiger partial charge in [0.05, 0.1) is 11.4 Å². The van der Waals surface area contributed by atoms with Crippen molar-refractivity contribution in [2.24, 2.45) is 5.92 Å².